The van der Waals surface area contributed by atoms with Gasteiger partial charge in [-0.1, -0.05) is 0 Å². The van der Waals surface area contributed by atoms with E-state index in [1.165, 1.54) is 6.20 Å². The van der Waals surface area contributed by atoms with Crippen molar-refractivity contribution in [2.24, 2.45) is 0 Å². The van der Waals surface area contributed by atoms with E-state index in [1.54, 1.807) is 0 Å². The molecule has 1 heterocycles. The van der Waals surface area contributed by atoms with E-state index < -0.39 is 0 Å². The number of rotatable bonds is 6. The lowest BCUT2D eigenvalue weighted by Crippen LogP contribution is -2.15. The topological polar surface area (TPSA) is 73.3 Å². The molecule has 7 heteroatoms. The second-order valence-corrected chi connectivity index (χ2v) is 3.18. The molecule has 0 aromatic carbocycles. The Morgan fingerprint density at radius 3 is 2.71 bits per heavy atom. The summed E-state index contributed by atoms with van der Waals surface area (Å²) in [5.74, 6) is 0.355. The zero-order chi connectivity index (χ0) is 12.7. The first-order chi connectivity index (χ1) is 8.21. The number of nitrogens with zero attached hydrogens (tertiary/aromatic N) is 2. The molecule has 0 aliphatic heterocycles. The highest BCUT2D eigenvalue weighted by Crippen LogP contribution is 2.24. The number of amides is 1. The molecule has 1 aromatic heterocycles. The van der Waals surface area contributed by atoms with Crippen LogP contribution in [0.3, 0.4) is 0 Å². The first-order valence-corrected chi connectivity index (χ1v) is 5.73. The summed E-state index contributed by atoms with van der Waals surface area (Å²) in [7, 11) is 0. The van der Waals surface area contributed by atoms with E-state index in [-0.39, 0.29) is 17.7 Å². The first-order valence-electron chi connectivity index (χ1n) is 5.19. The molecule has 1 N–H and O–H groups in total. The third kappa shape index (κ3) is 4.07. The summed E-state index contributed by atoms with van der Waals surface area (Å²) in [5, 5.41) is 2.43. The number of alkyl halides is 1. The first kappa shape index (κ1) is 13.5. The molecule has 0 fully saturated rings. The van der Waals surface area contributed by atoms with Crippen LogP contribution < -0.4 is 14.8 Å². The van der Waals surface area contributed by atoms with Crippen LogP contribution in [0.15, 0.2) is 6.20 Å². The smallest absolute Gasteiger partial charge is 0.262 e. The molecule has 0 saturated carbocycles. The van der Waals surface area contributed by atoms with Crippen molar-refractivity contribution in [2.45, 2.75) is 13.8 Å². The summed E-state index contributed by atoms with van der Waals surface area (Å²) in [6.45, 7) is 4.60. The SMILES string of the molecule is CCOc1cnc(NC(=O)CCl)nc1OCC. The predicted octanol–water partition coefficient (Wildman–Crippen LogP) is 1.45. The predicted molar refractivity (Wildman–Crippen MR) is 63.7 cm³/mol. The molecule has 1 aromatic rings. The van der Waals surface area contributed by atoms with Crippen LogP contribution in [0.1, 0.15) is 13.8 Å². The summed E-state index contributed by atoms with van der Waals surface area (Å²) in [6, 6.07) is 0. The van der Waals surface area contributed by atoms with Gasteiger partial charge in [-0.25, -0.2) is 4.98 Å². The van der Waals surface area contributed by atoms with Crippen LogP contribution in [0.4, 0.5) is 5.95 Å². The van der Waals surface area contributed by atoms with Gasteiger partial charge in [0.1, 0.15) is 5.88 Å². The second-order valence-electron chi connectivity index (χ2n) is 2.91. The van der Waals surface area contributed by atoms with Crippen molar-refractivity contribution < 1.29 is 14.3 Å². The molecule has 0 saturated heterocycles. The molecule has 0 aliphatic carbocycles. The molecule has 1 rings (SSSR count). The van der Waals surface area contributed by atoms with Gasteiger partial charge < -0.3 is 9.47 Å². The van der Waals surface area contributed by atoms with E-state index in [0.29, 0.717) is 24.8 Å². The number of ether oxygens (including phenoxy) is 2. The van der Waals surface area contributed by atoms with Crippen LogP contribution in [-0.4, -0.2) is 35.0 Å². The molecule has 0 bridgehead atoms. The van der Waals surface area contributed by atoms with Crippen molar-refractivity contribution in [3.63, 3.8) is 0 Å². The lowest BCUT2D eigenvalue weighted by molar-refractivity contribution is -0.114. The van der Waals surface area contributed by atoms with E-state index >= 15 is 0 Å². The molecule has 0 spiro atoms. The summed E-state index contributed by atoms with van der Waals surface area (Å²) in [6.07, 6.45) is 1.45. The maximum Gasteiger partial charge on any atom is 0.262 e. The maximum absolute atomic E-state index is 11.1. The molecule has 0 unspecified atom stereocenters. The normalized spacial score (nSPS) is 9.82. The zero-order valence-electron chi connectivity index (χ0n) is 9.70. The van der Waals surface area contributed by atoms with Gasteiger partial charge in [-0.15, -0.1) is 11.6 Å². The van der Waals surface area contributed by atoms with Crippen LogP contribution in [-0.2, 0) is 4.79 Å². The minimum atomic E-state index is -0.377. The number of carbonyl (C=O) groups is 1. The Morgan fingerprint density at radius 2 is 2.12 bits per heavy atom. The van der Waals surface area contributed by atoms with Gasteiger partial charge in [-0.3, -0.25) is 10.1 Å². The Bertz CT molecular complexity index is 387. The Kier molecular flexibility index (Phi) is 5.48. The van der Waals surface area contributed by atoms with E-state index in [4.69, 9.17) is 21.1 Å². The average Bonchev–Trinajstić information content (AvgIpc) is 2.33. The van der Waals surface area contributed by atoms with Crippen LogP contribution in [0.2, 0.25) is 0 Å². The zero-order valence-corrected chi connectivity index (χ0v) is 10.5. The van der Waals surface area contributed by atoms with Crippen molar-refractivity contribution in [1.29, 1.82) is 0 Å². The minimum absolute atomic E-state index is 0.141. The molecular formula is C10H14ClN3O3. The van der Waals surface area contributed by atoms with Crippen molar-refractivity contribution in [3.8, 4) is 11.6 Å². The molecular weight excluding hydrogens is 246 g/mol. The molecule has 6 nitrogen and oxygen atoms in total. The van der Waals surface area contributed by atoms with Gasteiger partial charge in [0, 0.05) is 0 Å². The number of aromatic nitrogens is 2. The number of hydrogen-bond acceptors (Lipinski definition) is 5. The minimum Gasteiger partial charge on any atom is -0.487 e. The third-order valence-electron chi connectivity index (χ3n) is 1.68. The monoisotopic (exact) mass is 259 g/mol. The number of hydrogen-bond donors (Lipinski definition) is 1. The van der Waals surface area contributed by atoms with Gasteiger partial charge >= 0.3 is 0 Å². The Balaban J connectivity index is 2.88. The molecule has 0 radical (unpaired) electrons. The average molecular weight is 260 g/mol. The molecule has 1 amide bonds. The van der Waals surface area contributed by atoms with Gasteiger partial charge in [-0.2, -0.15) is 4.98 Å². The number of halogens is 1. The Hall–Kier alpha value is -1.56. The van der Waals surface area contributed by atoms with Gasteiger partial charge in [0.2, 0.25) is 11.9 Å². The van der Waals surface area contributed by atoms with E-state index in [9.17, 15) is 4.79 Å². The van der Waals surface area contributed by atoms with Crippen LogP contribution in [0, 0.1) is 0 Å². The fourth-order valence-electron chi connectivity index (χ4n) is 1.07. The lowest BCUT2D eigenvalue weighted by atomic mass is 10.5. The van der Waals surface area contributed by atoms with E-state index in [0.717, 1.165) is 0 Å². The summed E-state index contributed by atoms with van der Waals surface area (Å²) >= 11 is 5.36. The van der Waals surface area contributed by atoms with Crippen LogP contribution >= 0.6 is 11.6 Å². The van der Waals surface area contributed by atoms with E-state index in [2.05, 4.69) is 15.3 Å². The fraction of sp³-hybridized carbons (Fsp3) is 0.500. The van der Waals surface area contributed by atoms with Crippen molar-refractivity contribution in [1.82, 2.24) is 9.97 Å². The van der Waals surface area contributed by atoms with Gasteiger partial charge in [0.15, 0.2) is 5.75 Å². The highest BCUT2D eigenvalue weighted by atomic mass is 35.5. The Labute approximate surface area is 104 Å². The fourth-order valence-corrected chi connectivity index (χ4v) is 1.13. The highest BCUT2D eigenvalue weighted by Gasteiger charge is 2.10. The molecule has 17 heavy (non-hydrogen) atoms. The molecule has 0 atom stereocenters. The summed E-state index contributed by atoms with van der Waals surface area (Å²) in [4.78, 5) is 19.0. The van der Waals surface area contributed by atoms with Gasteiger partial charge in [-0.05, 0) is 13.8 Å². The maximum atomic E-state index is 11.1. The molecule has 94 valence electrons. The van der Waals surface area contributed by atoms with Crippen LogP contribution in [0.25, 0.3) is 0 Å². The number of carbonyl (C=O) groups excluding carboxylic acids is 1. The van der Waals surface area contributed by atoms with Crippen molar-refractivity contribution in [2.75, 3.05) is 24.4 Å². The van der Waals surface area contributed by atoms with Crippen molar-refractivity contribution in [3.05, 3.63) is 6.20 Å². The quantitative estimate of drug-likeness (QED) is 0.783. The lowest BCUT2D eigenvalue weighted by Gasteiger charge is -2.10. The standard InChI is InChI=1S/C10H14ClN3O3/c1-3-16-7-6-12-10(13-8(15)5-11)14-9(7)17-4-2/h6H,3-5H2,1-2H3,(H,12,13,14,15). The van der Waals surface area contributed by atoms with E-state index in [1.807, 2.05) is 13.8 Å². The summed E-state index contributed by atoms with van der Waals surface area (Å²) in [5.41, 5.74) is 0. The largest absolute Gasteiger partial charge is 0.487 e. The second kappa shape index (κ2) is 6.90. The van der Waals surface area contributed by atoms with Crippen LogP contribution in [0.5, 0.6) is 11.6 Å². The molecule has 0 aliphatic rings. The Morgan fingerprint density at radius 1 is 1.41 bits per heavy atom. The number of nitrogens with one attached hydrogen (secondary N) is 1. The van der Waals surface area contributed by atoms with Crippen molar-refractivity contribution >= 4 is 23.5 Å². The highest BCUT2D eigenvalue weighted by molar-refractivity contribution is 6.28. The number of anilines is 1. The van der Waals surface area contributed by atoms with Gasteiger partial charge in [0.05, 0.1) is 19.4 Å². The summed E-state index contributed by atoms with van der Waals surface area (Å²) < 4.78 is 10.6. The third-order valence-corrected chi connectivity index (χ3v) is 1.92. The van der Waals surface area contributed by atoms with Gasteiger partial charge in [0.25, 0.3) is 5.88 Å².